The molecule has 1 aromatic carbocycles. The first kappa shape index (κ1) is 17.4. The molecule has 0 amide bonds. The summed E-state index contributed by atoms with van der Waals surface area (Å²) >= 11 is 0. The van der Waals surface area contributed by atoms with Crippen LogP contribution in [0.4, 0.5) is 0 Å². The highest BCUT2D eigenvalue weighted by atomic mass is 16.5. The summed E-state index contributed by atoms with van der Waals surface area (Å²) in [5, 5.41) is 17.0. The first-order valence-corrected chi connectivity index (χ1v) is 7.35. The summed E-state index contributed by atoms with van der Waals surface area (Å²) in [6, 6.07) is 10.3. The van der Waals surface area contributed by atoms with Crippen molar-refractivity contribution in [3.8, 4) is 11.6 Å². The van der Waals surface area contributed by atoms with Gasteiger partial charge in [-0.15, -0.1) is 5.10 Å². The van der Waals surface area contributed by atoms with Gasteiger partial charge in [0.15, 0.2) is 5.41 Å². The fraction of sp³-hybridized carbons (Fsp3) is 0.294. The van der Waals surface area contributed by atoms with Crippen molar-refractivity contribution in [3.63, 3.8) is 0 Å². The molecule has 0 bridgehead atoms. The molecule has 0 spiro atoms. The second-order valence-corrected chi connectivity index (χ2v) is 5.14. The molecule has 0 radical (unpaired) electrons. The summed E-state index contributed by atoms with van der Waals surface area (Å²) in [6.45, 7) is 1.89. The van der Waals surface area contributed by atoms with Gasteiger partial charge in [-0.05, 0) is 30.2 Å². The van der Waals surface area contributed by atoms with Crippen molar-refractivity contribution in [2.24, 2.45) is 0 Å². The topological polar surface area (TPSA) is 98.6 Å². The van der Waals surface area contributed by atoms with Crippen LogP contribution in [-0.2, 0) is 21.6 Å². The van der Waals surface area contributed by atoms with Crippen molar-refractivity contribution in [1.82, 2.24) is 10.2 Å². The van der Waals surface area contributed by atoms with Gasteiger partial charge in [0.25, 0.3) is 0 Å². The van der Waals surface area contributed by atoms with Gasteiger partial charge in [-0.1, -0.05) is 19.1 Å². The Kier molecular flexibility index (Phi) is 5.47. The van der Waals surface area contributed by atoms with Crippen molar-refractivity contribution in [2.45, 2.75) is 25.4 Å². The lowest BCUT2D eigenvalue weighted by Gasteiger charge is -2.19. The van der Waals surface area contributed by atoms with Crippen LogP contribution in [0.1, 0.15) is 24.6 Å². The summed E-state index contributed by atoms with van der Waals surface area (Å²) in [5.41, 5.74) is -0.672. The summed E-state index contributed by atoms with van der Waals surface area (Å²) in [5.74, 6) is -0.251. The molecule has 126 valence electrons. The predicted octanol–water partition coefficient (Wildman–Crippen LogP) is 2.00. The Morgan fingerprint density at radius 2 is 1.92 bits per heavy atom. The Morgan fingerprint density at radius 3 is 2.38 bits per heavy atom. The molecule has 1 heterocycles. The number of hydrogen-bond donors (Lipinski definition) is 1. The second-order valence-electron chi connectivity index (χ2n) is 5.14. The maximum absolute atomic E-state index is 11.4. The summed E-state index contributed by atoms with van der Waals surface area (Å²) < 4.78 is 10.6. The van der Waals surface area contributed by atoms with Crippen molar-refractivity contribution >= 4 is 12.3 Å². The van der Waals surface area contributed by atoms with E-state index in [4.69, 9.17) is 9.47 Å². The molecule has 0 saturated carbocycles. The zero-order valence-corrected chi connectivity index (χ0v) is 13.4. The number of rotatable bonds is 8. The average molecular weight is 330 g/mol. The van der Waals surface area contributed by atoms with E-state index in [2.05, 4.69) is 10.2 Å². The zero-order chi connectivity index (χ0) is 17.6. The van der Waals surface area contributed by atoms with Gasteiger partial charge in [-0.2, -0.15) is 5.10 Å². The molecular formula is C17H18N2O5. The van der Waals surface area contributed by atoms with E-state index < -0.39 is 11.4 Å². The smallest absolute Gasteiger partial charge is 0.323 e. The number of carbonyl (C=O) groups is 2. The third-order valence-corrected chi connectivity index (χ3v) is 3.78. The quantitative estimate of drug-likeness (QED) is 0.584. The molecule has 1 N–H and O–H groups in total. The summed E-state index contributed by atoms with van der Waals surface area (Å²) in [7, 11) is 1.59. The number of methoxy groups -OCH3 is 1. The largest absolute Gasteiger partial charge is 0.497 e. The fourth-order valence-electron chi connectivity index (χ4n) is 2.15. The van der Waals surface area contributed by atoms with Crippen LogP contribution >= 0.6 is 0 Å². The first-order chi connectivity index (χ1) is 11.6. The second kappa shape index (κ2) is 7.54. The Morgan fingerprint density at radius 1 is 1.21 bits per heavy atom. The maximum Gasteiger partial charge on any atom is 0.323 e. The van der Waals surface area contributed by atoms with E-state index in [0.29, 0.717) is 6.29 Å². The highest BCUT2D eigenvalue weighted by molar-refractivity contribution is 5.98. The number of carboxylic acids is 1. The van der Waals surface area contributed by atoms with Crippen LogP contribution in [0, 0.1) is 0 Å². The molecule has 7 nitrogen and oxygen atoms in total. The average Bonchev–Trinajstić information content (AvgIpc) is 2.62. The third kappa shape index (κ3) is 3.51. The number of hydrogen-bond acceptors (Lipinski definition) is 6. The molecular weight excluding hydrogens is 312 g/mol. The molecule has 2 aromatic rings. The van der Waals surface area contributed by atoms with E-state index >= 15 is 0 Å². The molecule has 0 fully saturated rings. The number of benzene rings is 1. The molecule has 0 aliphatic heterocycles. The lowest BCUT2D eigenvalue weighted by Crippen LogP contribution is -2.38. The number of nitrogens with zero attached hydrogens (tertiary/aromatic N) is 2. The lowest BCUT2D eigenvalue weighted by atomic mass is 9.83. The molecule has 7 heteroatoms. The summed E-state index contributed by atoms with van der Waals surface area (Å²) in [4.78, 5) is 22.6. The SMILES string of the molecule is CCC(C=O)(C(=O)O)c1ccc(OCc2ccc(OC)cc2)nn1. The van der Waals surface area contributed by atoms with E-state index in [1.807, 2.05) is 24.3 Å². The van der Waals surface area contributed by atoms with Crippen LogP contribution in [0.2, 0.25) is 0 Å². The fourth-order valence-corrected chi connectivity index (χ4v) is 2.15. The minimum absolute atomic E-state index is 0.0873. The van der Waals surface area contributed by atoms with Gasteiger partial charge in [0, 0.05) is 6.07 Å². The Bertz CT molecular complexity index is 700. The van der Waals surface area contributed by atoms with Crippen LogP contribution in [-0.4, -0.2) is 34.7 Å². The highest BCUT2D eigenvalue weighted by Crippen LogP contribution is 2.25. The summed E-state index contributed by atoms with van der Waals surface area (Å²) in [6.07, 6.45) is 0.476. The molecule has 0 saturated heterocycles. The minimum Gasteiger partial charge on any atom is -0.497 e. The number of carboxylic acid groups (broad SMARTS) is 1. The van der Waals surface area contributed by atoms with Gasteiger partial charge in [-0.3, -0.25) is 4.79 Å². The standard InChI is InChI=1S/C17H18N2O5/c1-3-17(11-20,16(21)22)14-8-9-15(19-18-14)24-10-12-4-6-13(23-2)7-5-12/h4-9,11H,3,10H2,1-2H3,(H,21,22). The Balaban J connectivity index is 2.08. The monoisotopic (exact) mass is 330 g/mol. The van der Waals surface area contributed by atoms with Gasteiger partial charge in [-0.25, -0.2) is 0 Å². The number of aliphatic carboxylic acids is 1. The third-order valence-electron chi connectivity index (χ3n) is 3.78. The van der Waals surface area contributed by atoms with Crippen molar-refractivity contribution in [3.05, 3.63) is 47.7 Å². The molecule has 1 aromatic heterocycles. The van der Waals surface area contributed by atoms with E-state index in [1.165, 1.54) is 12.1 Å². The number of aromatic nitrogens is 2. The normalized spacial score (nSPS) is 12.9. The van der Waals surface area contributed by atoms with Crippen LogP contribution in [0.3, 0.4) is 0 Å². The van der Waals surface area contributed by atoms with Gasteiger partial charge in [0.05, 0.1) is 12.8 Å². The number of aldehydes is 1. The predicted molar refractivity (Wildman–Crippen MR) is 85.0 cm³/mol. The van der Waals surface area contributed by atoms with Crippen molar-refractivity contribution < 1.29 is 24.2 Å². The highest BCUT2D eigenvalue weighted by Gasteiger charge is 2.40. The maximum atomic E-state index is 11.4. The molecule has 0 aliphatic rings. The van der Waals surface area contributed by atoms with Gasteiger partial charge in [0.2, 0.25) is 5.88 Å². The lowest BCUT2D eigenvalue weighted by molar-refractivity contribution is -0.146. The molecule has 1 unspecified atom stereocenters. The van der Waals surface area contributed by atoms with Crippen LogP contribution in [0.25, 0.3) is 0 Å². The number of ether oxygens (including phenoxy) is 2. The van der Waals surface area contributed by atoms with E-state index in [-0.39, 0.29) is 24.6 Å². The van der Waals surface area contributed by atoms with Crippen LogP contribution < -0.4 is 9.47 Å². The van der Waals surface area contributed by atoms with Gasteiger partial charge in [0.1, 0.15) is 18.6 Å². The molecule has 2 rings (SSSR count). The molecule has 1 atom stereocenters. The van der Waals surface area contributed by atoms with Crippen molar-refractivity contribution in [2.75, 3.05) is 7.11 Å². The van der Waals surface area contributed by atoms with Gasteiger partial charge >= 0.3 is 5.97 Å². The molecule has 24 heavy (non-hydrogen) atoms. The van der Waals surface area contributed by atoms with E-state index in [0.717, 1.165) is 11.3 Å². The van der Waals surface area contributed by atoms with Crippen molar-refractivity contribution in [1.29, 1.82) is 0 Å². The first-order valence-electron chi connectivity index (χ1n) is 7.35. The van der Waals surface area contributed by atoms with E-state index in [1.54, 1.807) is 14.0 Å². The minimum atomic E-state index is -1.68. The van der Waals surface area contributed by atoms with Crippen LogP contribution in [0.15, 0.2) is 36.4 Å². The zero-order valence-electron chi connectivity index (χ0n) is 13.4. The Labute approximate surface area is 139 Å². The van der Waals surface area contributed by atoms with E-state index in [9.17, 15) is 14.7 Å². The van der Waals surface area contributed by atoms with Crippen LogP contribution in [0.5, 0.6) is 11.6 Å². The molecule has 0 aliphatic carbocycles. The number of carbonyl (C=O) groups excluding carboxylic acids is 1. The Hall–Kier alpha value is -2.96. The van der Waals surface area contributed by atoms with Gasteiger partial charge < -0.3 is 19.4 Å².